The van der Waals surface area contributed by atoms with Crippen molar-refractivity contribution in [1.29, 1.82) is 0 Å². The van der Waals surface area contributed by atoms with Crippen LogP contribution >= 0.6 is 31.9 Å². The number of rotatable bonds is 3. The largest absolute Gasteiger partial charge is 0.452 e. The van der Waals surface area contributed by atoms with E-state index in [4.69, 9.17) is 4.42 Å². The van der Waals surface area contributed by atoms with Gasteiger partial charge in [0, 0.05) is 11.5 Å². The number of furan rings is 1. The zero-order valence-corrected chi connectivity index (χ0v) is 13.2. The molecule has 0 aliphatic heterocycles. The van der Waals surface area contributed by atoms with Gasteiger partial charge in [0.2, 0.25) is 0 Å². The maximum Gasteiger partial charge on any atom is 0.255 e. The molecule has 0 aliphatic rings. The molecule has 1 heterocycles. The van der Waals surface area contributed by atoms with Gasteiger partial charge in [0.15, 0.2) is 4.67 Å². The number of nitrogens with zero attached hydrogens (tertiary/aromatic N) is 1. The Balaban J connectivity index is 2.16. The van der Waals surface area contributed by atoms with E-state index in [1.54, 1.807) is 19.2 Å². The summed E-state index contributed by atoms with van der Waals surface area (Å²) in [5.41, 5.74) is 0.285. The van der Waals surface area contributed by atoms with Crippen molar-refractivity contribution in [2.24, 2.45) is 0 Å². The number of halogens is 3. The Labute approximate surface area is 126 Å². The van der Waals surface area contributed by atoms with Crippen molar-refractivity contribution in [3.05, 3.63) is 56.6 Å². The molecule has 2 aromatic rings. The van der Waals surface area contributed by atoms with Gasteiger partial charge in [-0.05, 0) is 62.2 Å². The van der Waals surface area contributed by atoms with Crippen LogP contribution in [-0.4, -0.2) is 17.9 Å². The lowest BCUT2D eigenvalue weighted by Gasteiger charge is -2.16. The summed E-state index contributed by atoms with van der Waals surface area (Å²) in [7, 11) is 1.64. The fraction of sp³-hybridized carbons (Fsp3) is 0.154. The molecule has 0 N–H and O–H groups in total. The Morgan fingerprint density at radius 3 is 2.68 bits per heavy atom. The lowest BCUT2D eigenvalue weighted by atomic mass is 10.2. The van der Waals surface area contributed by atoms with E-state index < -0.39 is 5.82 Å². The summed E-state index contributed by atoms with van der Waals surface area (Å²) in [5.74, 6) is -0.0742. The Morgan fingerprint density at radius 1 is 1.32 bits per heavy atom. The minimum absolute atomic E-state index is 0.279. The molecule has 0 atom stereocenters. The van der Waals surface area contributed by atoms with Gasteiger partial charge in [0.05, 0.1) is 12.1 Å². The number of amides is 1. The van der Waals surface area contributed by atoms with E-state index in [0.29, 0.717) is 21.4 Å². The summed E-state index contributed by atoms with van der Waals surface area (Å²) in [6.07, 6.45) is 0. The van der Waals surface area contributed by atoms with Gasteiger partial charge in [-0.25, -0.2) is 4.39 Å². The second kappa shape index (κ2) is 5.88. The van der Waals surface area contributed by atoms with Crippen LogP contribution in [0, 0.1) is 5.82 Å². The maximum atomic E-state index is 13.2. The van der Waals surface area contributed by atoms with Gasteiger partial charge in [-0.1, -0.05) is 0 Å². The van der Waals surface area contributed by atoms with Crippen molar-refractivity contribution < 1.29 is 13.6 Å². The molecular weight excluding hydrogens is 381 g/mol. The summed E-state index contributed by atoms with van der Waals surface area (Å²) in [6, 6.07) is 7.55. The lowest BCUT2D eigenvalue weighted by molar-refractivity contribution is 0.0773. The van der Waals surface area contributed by atoms with Crippen LogP contribution in [0.25, 0.3) is 0 Å². The molecule has 6 heteroatoms. The standard InChI is InChI=1S/C13H10Br2FNO2/c1-17(7-9-3-5-12(15)19-9)13(18)10-6-8(16)2-4-11(10)14/h2-6H,7H2,1H3. The van der Waals surface area contributed by atoms with Crippen molar-refractivity contribution in [2.75, 3.05) is 7.05 Å². The second-order valence-corrected chi connectivity index (χ2v) is 5.63. The number of benzene rings is 1. The van der Waals surface area contributed by atoms with Crippen LogP contribution in [0.5, 0.6) is 0 Å². The van der Waals surface area contributed by atoms with Crippen LogP contribution in [0.2, 0.25) is 0 Å². The van der Waals surface area contributed by atoms with E-state index in [1.807, 2.05) is 0 Å². The lowest BCUT2D eigenvalue weighted by Crippen LogP contribution is -2.26. The van der Waals surface area contributed by atoms with E-state index in [0.717, 1.165) is 0 Å². The molecule has 0 spiro atoms. The molecule has 1 aromatic carbocycles. The van der Waals surface area contributed by atoms with Crippen molar-refractivity contribution in [2.45, 2.75) is 6.54 Å². The Kier molecular flexibility index (Phi) is 4.42. The highest BCUT2D eigenvalue weighted by molar-refractivity contribution is 9.10. The second-order valence-electron chi connectivity index (χ2n) is 3.99. The molecule has 19 heavy (non-hydrogen) atoms. The fourth-order valence-electron chi connectivity index (χ4n) is 1.61. The SMILES string of the molecule is CN(Cc1ccc(Br)o1)C(=O)c1cc(F)ccc1Br. The molecule has 0 bridgehead atoms. The number of carbonyl (C=O) groups is 1. The Morgan fingerprint density at radius 2 is 2.05 bits per heavy atom. The first-order chi connectivity index (χ1) is 8.97. The van der Waals surface area contributed by atoms with E-state index in [9.17, 15) is 9.18 Å². The minimum Gasteiger partial charge on any atom is -0.452 e. The molecule has 0 radical (unpaired) electrons. The molecule has 1 amide bonds. The number of hydrogen-bond acceptors (Lipinski definition) is 2. The van der Waals surface area contributed by atoms with Crippen molar-refractivity contribution in [3.8, 4) is 0 Å². The van der Waals surface area contributed by atoms with E-state index in [-0.39, 0.29) is 11.5 Å². The van der Waals surface area contributed by atoms with Crippen LogP contribution in [0.3, 0.4) is 0 Å². The normalized spacial score (nSPS) is 10.5. The molecule has 0 aliphatic carbocycles. The van der Waals surface area contributed by atoms with Gasteiger partial charge >= 0.3 is 0 Å². The predicted octanol–water partition coefficient (Wildman–Crippen LogP) is 4.22. The van der Waals surface area contributed by atoms with Crippen LogP contribution in [0.4, 0.5) is 4.39 Å². The summed E-state index contributed by atoms with van der Waals surface area (Å²) < 4.78 is 19.7. The number of hydrogen-bond donors (Lipinski definition) is 0. The van der Waals surface area contributed by atoms with Gasteiger partial charge < -0.3 is 9.32 Å². The Bertz CT molecular complexity index is 612. The third-order valence-corrected chi connectivity index (χ3v) is 3.65. The van der Waals surface area contributed by atoms with Crippen LogP contribution in [0.15, 0.2) is 43.9 Å². The van der Waals surface area contributed by atoms with Gasteiger partial charge in [0.1, 0.15) is 11.6 Å². The van der Waals surface area contributed by atoms with Crippen LogP contribution in [0.1, 0.15) is 16.1 Å². The first-order valence-electron chi connectivity index (χ1n) is 5.42. The molecule has 1 aromatic heterocycles. The average molecular weight is 391 g/mol. The fourth-order valence-corrected chi connectivity index (χ4v) is 2.37. The molecule has 2 rings (SSSR count). The van der Waals surface area contributed by atoms with E-state index in [2.05, 4.69) is 31.9 Å². The van der Waals surface area contributed by atoms with Crippen LogP contribution in [-0.2, 0) is 6.54 Å². The first-order valence-corrected chi connectivity index (χ1v) is 7.00. The highest BCUT2D eigenvalue weighted by Crippen LogP contribution is 2.21. The summed E-state index contributed by atoms with van der Waals surface area (Å²) in [6.45, 7) is 0.313. The molecule has 0 fully saturated rings. The third kappa shape index (κ3) is 3.45. The monoisotopic (exact) mass is 389 g/mol. The van der Waals surface area contributed by atoms with Crippen molar-refractivity contribution >= 4 is 37.8 Å². The molecule has 0 saturated heterocycles. The minimum atomic E-state index is -0.444. The quantitative estimate of drug-likeness (QED) is 0.786. The smallest absolute Gasteiger partial charge is 0.255 e. The van der Waals surface area contributed by atoms with E-state index >= 15 is 0 Å². The molecular formula is C13H10Br2FNO2. The Hall–Kier alpha value is -1.14. The summed E-state index contributed by atoms with van der Waals surface area (Å²) in [5, 5.41) is 0. The van der Waals surface area contributed by atoms with Crippen LogP contribution < -0.4 is 0 Å². The molecule has 3 nitrogen and oxygen atoms in total. The summed E-state index contributed by atoms with van der Waals surface area (Å²) in [4.78, 5) is 13.7. The van der Waals surface area contributed by atoms with Gasteiger partial charge in [0.25, 0.3) is 5.91 Å². The van der Waals surface area contributed by atoms with Crippen molar-refractivity contribution in [3.63, 3.8) is 0 Å². The average Bonchev–Trinajstić information content (AvgIpc) is 2.77. The summed E-state index contributed by atoms with van der Waals surface area (Å²) >= 11 is 6.44. The highest BCUT2D eigenvalue weighted by atomic mass is 79.9. The zero-order chi connectivity index (χ0) is 14.0. The molecule has 100 valence electrons. The first kappa shape index (κ1) is 14.3. The zero-order valence-electron chi connectivity index (χ0n) is 9.99. The topological polar surface area (TPSA) is 33.5 Å². The maximum absolute atomic E-state index is 13.2. The number of carbonyl (C=O) groups excluding carboxylic acids is 1. The van der Waals surface area contributed by atoms with Gasteiger partial charge in [-0.15, -0.1) is 0 Å². The van der Waals surface area contributed by atoms with Crippen molar-refractivity contribution in [1.82, 2.24) is 4.90 Å². The third-order valence-electron chi connectivity index (χ3n) is 2.53. The molecule has 0 unspecified atom stereocenters. The molecule has 0 saturated carbocycles. The van der Waals surface area contributed by atoms with Gasteiger partial charge in [-0.2, -0.15) is 0 Å². The predicted molar refractivity (Wildman–Crippen MR) is 76.3 cm³/mol. The highest BCUT2D eigenvalue weighted by Gasteiger charge is 2.17. The van der Waals surface area contributed by atoms with E-state index in [1.165, 1.54) is 23.1 Å². The van der Waals surface area contributed by atoms with Gasteiger partial charge in [-0.3, -0.25) is 4.79 Å².